The number of aliphatic hydroxyl groups is 2. The van der Waals surface area contributed by atoms with Crippen molar-refractivity contribution in [2.45, 2.75) is 56.9 Å². The van der Waals surface area contributed by atoms with Gasteiger partial charge in [0.05, 0.1) is 10.9 Å². The van der Waals surface area contributed by atoms with Gasteiger partial charge in [0.15, 0.2) is 6.10 Å². The average Bonchev–Trinajstić information content (AvgIpc) is 3.42. The zero-order valence-corrected chi connectivity index (χ0v) is 22.1. The molecule has 1 unspecified atom stereocenters. The van der Waals surface area contributed by atoms with Gasteiger partial charge in [-0.2, -0.15) is 5.26 Å². The summed E-state index contributed by atoms with van der Waals surface area (Å²) >= 11 is 7.81. The van der Waals surface area contributed by atoms with E-state index in [9.17, 15) is 20.3 Å². The Hall–Kier alpha value is -2.76. The van der Waals surface area contributed by atoms with E-state index in [4.69, 9.17) is 11.6 Å². The standard InChI is InChI=1S/C29H30ClN3O3S/c30-22-4-1-3-21(15-22)24-5-2-13-33(24)26(20-10-11-20)27(34)28(35)29(36)32-17-18-6-8-19(9-7-18)23-12-14-37-25(23)16-31/h1,3-4,6-9,15,24,27-28,34-35H,2,5,10-14,17H2,(H,32,36)/t24-,27+,28?/m1/s1. The average molecular weight is 536 g/mol. The van der Waals surface area contributed by atoms with Gasteiger partial charge >= 0.3 is 0 Å². The number of benzene rings is 2. The molecule has 0 radical (unpaired) electrons. The minimum atomic E-state index is -1.57. The van der Waals surface area contributed by atoms with Crippen LogP contribution in [-0.2, 0) is 11.3 Å². The van der Waals surface area contributed by atoms with Crippen molar-refractivity contribution in [3.05, 3.63) is 86.4 Å². The van der Waals surface area contributed by atoms with Crippen LogP contribution in [0, 0.1) is 11.3 Å². The molecular weight excluding hydrogens is 506 g/mol. The molecule has 5 rings (SSSR count). The van der Waals surface area contributed by atoms with E-state index in [1.165, 1.54) is 0 Å². The molecule has 2 aliphatic heterocycles. The number of nitriles is 1. The molecule has 1 saturated carbocycles. The summed E-state index contributed by atoms with van der Waals surface area (Å²) in [5.74, 6) is 0.321. The Balaban J connectivity index is 1.24. The smallest absolute Gasteiger partial charge is 0.252 e. The maximum Gasteiger partial charge on any atom is 0.252 e. The largest absolute Gasteiger partial charge is 0.384 e. The number of hydrogen-bond donors (Lipinski definition) is 3. The Morgan fingerprint density at radius 2 is 1.95 bits per heavy atom. The summed E-state index contributed by atoms with van der Waals surface area (Å²) in [6, 6.07) is 17.8. The zero-order valence-electron chi connectivity index (χ0n) is 20.5. The number of nitrogens with one attached hydrogen (secondary N) is 1. The van der Waals surface area contributed by atoms with Crippen molar-refractivity contribution in [2.75, 3.05) is 12.3 Å². The van der Waals surface area contributed by atoms with Gasteiger partial charge in [-0.3, -0.25) is 4.79 Å². The molecule has 37 heavy (non-hydrogen) atoms. The van der Waals surface area contributed by atoms with Crippen LogP contribution in [0.1, 0.15) is 54.8 Å². The van der Waals surface area contributed by atoms with Crippen LogP contribution < -0.4 is 5.32 Å². The quantitative estimate of drug-likeness (QED) is 0.443. The number of halogens is 1. The fourth-order valence-electron chi connectivity index (χ4n) is 5.26. The Morgan fingerprint density at radius 3 is 2.65 bits per heavy atom. The highest BCUT2D eigenvalue weighted by Crippen LogP contribution is 2.43. The van der Waals surface area contributed by atoms with E-state index < -0.39 is 18.1 Å². The summed E-state index contributed by atoms with van der Waals surface area (Å²) < 4.78 is 0. The first-order chi connectivity index (χ1) is 18.0. The number of carbonyl (C=O) groups is 1. The fraction of sp³-hybridized carbons (Fsp3) is 0.379. The van der Waals surface area contributed by atoms with Crippen molar-refractivity contribution in [1.29, 1.82) is 5.26 Å². The number of hydrogen-bond acceptors (Lipinski definition) is 6. The van der Waals surface area contributed by atoms with E-state index in [0.29, 0.717) is 10.7 Å². The van der Waals surface area contributed by atoms with Crippen LogP contribution in [0.4, 0.5) is 0 Å². The molecule has 0 aromatic heterocycles. The highest BCUT2D eigenvalue weighted by molar-refractivity contribution is 8.03. The van der Waals surface area contributed by atoms with Gasteiger partial charge in [0.2, 0.25) is 0 Å². The minimum absolute atomic E-state index is 0.0557. The number of rotatable bonds is 8. The molecule has 2 aromatic carbocycles. The van der Waals surface area contributed by atoms with Gasteiger partial charge in [0.25, 0.3) is 5.91 Å². The maximum absolute atomic E-state index is 12.8. The van der Waals surface area contributed by atoms with Crippen LogP contribution in [-0.4, -0.2) is 45.5 Å². The Kier molecular flexibility index (Phi) is 7.92. The van der Waals surface area contributed by atoms with Crippen molar-refractivity contribution in [3.8, 4) is 6.07 Å². The molecule has 1 saturated heterocycles. The Morgan fingerprint density at radius 1 is 1.16 bits per heavy atom. The van der Waals surface area contributed by atoms with E-state index in [-0.39, 0.29) is 12.6 Å². The first kappa shape index (κ1) is 25.9. The van der Waals surface area contributed by atoms with Crippen molar-refractivity contribution in [2.24, 2.45) is 0 Å². The van der Waals surface area contributed by atoms with Crippen molar-refractivity contribution < 1.29 is 15.0 Å². The van der Waals surface area contributed by atoms with Gasteiger partial charge < -0.3 is 20.4 Å². The summed E-state index contributed by atoms with van der Waals surface area (Å²) in [6.07, 6.45) is 1.64. The Bertz CT molecular complexity index is 1280. The lowest BCUT2D eigenvalue weighted by Crippen LogP contribution is -2.45. The lowest BCUT2D eigenvalue weighted by Gasteiger charge is -2.34. The molecular formula is C29H30ClN3O3S. The number of nitrogens with zero attached hydrogens (tertiary/aromatic N) is 2. The van der Waals surface area contributed by atoms with E-state index >= 15 is 0 Å². The number of thioether (sulfide) groups is 1. The first-order valence-corrected chi connectivity index (χ1v) is 14.1. The monoisotopic (exact) mass is 535 g/mol. The number of allylic oxidation sites excluding steroid dienone is 3. The molecule has 6 nitrogen and oxygen atoms in total. The van der Waals surface area contributed by atoms with Gasteiger partial charge in [0, 0.05) is 29.6 Å². The summed E-state index contributed by atoms with van der Waals surface area (Å²) in [7, 11) is 0. The zero-order chi connectivity index (χ0) is 25.9. The third-order valence-corrected chi connectivity index (χ3v) is 8.52. The second-order valence-corrected chi connectivity index (χ2v) is 11.3. The predicted molar refractivity (Wildman–Crippen MR) is 146 cm³/mol. The SMILES string of the molecule is N#CC1=C(c2ccc(CNC(=O)C(O)[C@@H](O)C(=C3CC3)N3CCC[C@@H]3c3cccc(Cl)c3)cc2)CCS1. The third-order valence-electron chi connectivity index (χ3n) is 7.25. The molecule has 1 aliphatic carbocycles. The number of aliphatic hydroxyl groups excluding tert-OH is 2. The van der Waals surface area contributed by atoms with Crippen LogP contribution in [0.5, 0.6) is 0 Å². The normalized spacial score (nSPS) is 20.5. The topological polar surface area (TPSA) is 96.6 Å². The van der Waals surface area contributed by atoms with Gasteiger partial charge in [-0.1, -0.05) is 48.0 Å². The molecule has 192 valence electrons. The van der Waals surface area contributed by atoms with E-state index in [1.54, 1.807) is 11.8 Å². The van der Waals surface area contributed by atoms with E-state index in [0.717, 1.165) is 77.1 Å². The molecule has 3 N–H and O–H groups in total. The molecule has 2 fully saturated rings. The summed E-state index contributed by atoms with van der Waals surface area (Å²) in [5.41, 5.74) is 5.83. The maximum atomic E-state index is 12.8. The van der Waals surface area contributed by atoms with Gasteiger partial charge in [0.1, 0.15) is 12.2 Å². The second-order valence-electron chi connectivity index (χ2n) is 9.72. The van der Waals surface area contributed by atoms with Crippen molar-refractivity contribution in [1.82, 2.24) is 10.2 Å². The van der Waals surface area contributed by atoms with Gasteiger partial charge in [-0.05, 0) is 72.1 Å². The minimum Gasteiger partial charge on any atom is -0.384 e. The highest BCUT2D eigenvalue weighted by atomic mass is 35.5. The molecule has 2 aromatic rings. The molecule has 3 aliphatic rings. The first-order valence-electron chi connectivity index (χ1n) is 12.7. The van der Waals surface area contributed by atoms with Crippen LogP contribution in [0.3, 0.4) is 0 Å². The van der Waals surface area contributed by atoms with Gasteiger partial charge in [-0.15, -0.1) is 11.8 Å². The molecule has 1 amide bonds. The third kappa shape index (κ3) is 5.73. The van der Waals surface area contributed by atoms with E-state index in [2.05, 4.69) is 16.3 Å². The van der Waals surface area contributed by atoms with Crippen LogP contribution in [0.2, 0.25) is 5.02 Å². The van der Waals surface area contributed by atoms with Crippen LogP contribution >= 0.6 is 23.4 Å². The molecule has 0 bridgehead atoms. The van der Waals surface area contributed by atoms with Crippen molar-refractivity contribution in [3.63, 3.8) is 0 Å². The Labute approximate surface area is 226 Å². The number of likely N-dealkylation sites (tertiary alicyclic amines) is 1. The summed E-state index contributed by atoms with van der Waals surface area (Å²) in [6.45, 7) is 0.999. The number of carbonyl (C=O) groups excluding carboxylic acids is 1. The van der Waals surface area contributed by atoms with Gasteiger partial charge in [-0.25, -0.2) is 0 Å². The molecule has 8 heteroatoms. The van der Waals surface area contributed by atoms with Crippen LogP contribution in [0.25, 0.3) is 5.57 Å². The predicted octanol–water partition coefficient (Wildman–Crippen LogP) is 4.93. The fourth-order valence-corrected chi connectivity index (χ4v) is 6.43. The molecule has 2 heterocycles. The molecule has 0 spiro atoms. The van der Waals surface area contributed by atoms with E-state index in [1.807, 2.05) is 48.5 Å². The second kappa shape index (κ2) is 11.3. The number of amides is 1. The van der Waals surface area contributed by atoms with Crippen molar-refractivity contribution >= 4 is 34.8 Å². The summed E-state index contributed by atoms with van der Waals surface area (Å²) in [4.78, 5) is 15.8. The molecule has 3 atom stereocenters. The van der Waals surface area contributed by atoms with Crippen LogP contribution in [0.15, 0.2) is 64.7 Å². The summed E-state index contributed by atoms with van der Waals surface area (Å²) in [5, 5.41) is 34.7. The highest BCUT2D eigenvalue weighted by Gasteiger charge is 2.39. The lowest BCUT2D eigenvalue weighted by atomic mass is 10.0. The lowest BCUT2D eigenvalue weighted by molar-refractivity contribution is -0.134.